The molecule has 4 aliphatic rings. The number of aryl methyl sites for hydroxylation is 1. The molecule has 3 aromatic carbocycles. The molecule has 0 radical (unpaired) electrons. The quantitative estimate of drug-likeness (QED) is 0.255. The standard InChI is InChI=1S/C35H31N3O6S2/c1-17-8-11-19(12-9-17)36-25(39)16-44-23-13-10-18(14-24(23)43-2)26-27-21-15-22(30(27)45-32-31(26)46-35(42)37-32)29-28(21)33(40)38(34(29)41)20-6-4-3-5-7-20/h3-14,21-22,26-30H,15-16H2,1-2H3,(H,36,39)(H,37,42)/t21?,22?,26-,27?,28?,29?,30?/m1/s1. The van der Waals surface area contributed by atoms with Crippen LogP contribution in [0.5, 0.6) is 11.5 Å². The zero-order valence-corrected chi connectivity index (χ0v) is 26.7. The molecule has 9 nitrogen and oxygen atoms in total. The lowest BCUT2D eigenvalue weighted by Gasteiger charge is -2.43. The number of thiazole rings is 1. The molecule has 8 rings (SSSR count). The van der Waals surface area contributed by atoms with Crippen molar-refractivity contribution in [1.29, 1.82) is 0 Å². The van der Waals surface area contributed by atoms with Crippen LogP contribution >= 0.6 is 23.1 Å². The molecule has 234 valence electrons. The second kappa shape index (κ2) is 11.2. The van der Waals surface area contributed by atoms with Crippen molar-refractivity contribution in [2.24, 2.45) is 29.6 Å². The third kappa shape index (κ3) is 4.59. The number of hydrogen-bond donors (Lipinski definition) is 2. The van der Waals surface area contributed by atoms with E-state index >= 15 is 0 Å². The Hall–Kier alpha value is -4.35. The summed E-state index contributed by atoms with van der Waals surface area (Å²) in [5.74, 6) is -0.418. The third-order valence-electron chi connectivity index (χ3n) is 9.98. The first-order valence-corrected chi connectivity index (χ1v) is 17.0. The fourth-order valence-electron chi connectivity index (χ4n) is 8.20. The average molecular weight is 654 g/mol. The number of ether oxygens (including phenoxy) is 2. The third-order valence-corrected chi connectivity index (χ3v) is 12.6. The van der Waals surface area contributed by atoms with Crippen molar-refractivity contribution in [3.63, 3.8) is 0 Å². The molecule has 2 saturated carbocycles. The number of methoxy groups -OCH3 is 1. The first-order chi connectivity index (χ1) is 22.3. The highest BCUT2D eigenvalue weighted by atomic mass is 32.2. The second-order valence-electron chi connectivity index (χ2n) is 12.4. The number of anilines is 2. The molecule has 6 unspecified atom stereocenters. The molecule has 2 bridgehead atoms. The fraction of sp³-hybridized carbons (Fsp3) is 0.314. The van der Waals surface area contributed by atoms with E-state index in [4.69, 9.17) is 9.47 Å². The Morgan fingerprint density at radius 1 is 0.957 bits per heavy atom. The normalized spacial score (nSPS) is 27.3. The molecular formula is C35H31N3O6S2. The monoisotopic (exact) mass is 653 g/mol. The van der Waals surface area contributed by atoms with Gasteiger partial charge in [-0.3, -0.25) is 24.1 Å². The van der Waals surface area contributed by atoms with Gasteiger partial charge in [-0.25, -0.2) is 0 Å². The van der Waals surface area contributed by atoms with E-state index in [0.717, 1.165) is 27.5 Å². The maximum atomic E-state index is 13.9. The van der Waals surface area contributed by atoms with E-state index in [9.17, 15) is 19.2 Å². The number of imide groups is 1. The van der Waals surface area contributed by atoms with Crippen LogP contribution in [0.25, 0.3) is 0 Å². The molecule has 4 aromatic rings. The van der Waals surface area contributed by atoms with Crippen LogP contribution in [0.4, 0.5) is 11.4 Å². The van der Waals surface area contributed by atoms with Crippen molar-refractivity contribution in [3.05, 3.63) is 98.5 Å². The summed E-state index contributed by atoms with van der Waals surface area (Å²) in [5.41, 5.74) is 3.36. The smallest absolute Gasteiger partial charge is 0.305 e. The van der Waals surface area contributed by atoms with Crippen molar-refractivity contribution >= 4 is 52.2 Å². The van der Waals surface area contributed by atoms with Crippen molar-refractivity contribution in [1.82, 2.24) is 4.98 Å². The van der Waals surface area contributed by atoms with Gasteiger partial charge in [0.25, 0.3) is 5.91 Å². The Morgan fingerprint density at radius 2 is 1.70 bits per heavy atom. The molecule has 46 heavy (non-hydrogen) atoms. The molecule has 3 heterocycles. The predicted molar refractivity (Wildman–Crippen MR) is 176 cm³/mol. The minimum absolute atomic E-state index is 0.000376. The van der Waals surface area contributed by atoms with Crippen molar-refractivity contribution in [2.45, 2.75) is 29.5 Å². The number of fused-ring (bicyclic) bond motifs is 9. The number of aromatic nitrogens is 1. The number of thioether (sulfide) groups is 1. The van der Waals surface area contributed by atoms with Crippen LogP contribution < -0.4 is 24.6 Å². The summed E-state index contributed by atoms with van der Waals surface area (Å²) in [5, 5.41) is 3.76. The molecule has 1 saturated heterocycles. The molecule has 7 atom stereocenters. The van der Waals surface area contributed by atoms with Crippen molar-refractivity contribution < 1.29 is 23.9 Å². The minimum Gasteiger partial charge on any atom is -0.493 e. The number of amides is 3. The van der Waals surface area contributed by atoms with Crippen LogP contribution in [-0.4, -0.2) is 41.7 Å². The number of nitrogens with zero attached hydrogens (tertiary/aromatic N) is 1. The summed E-state index contributed by atoms with van der Waals surface area (Å²) in [6.07, 6.45) is 0.807. The van der Waals surface area contributed by atoms with Crippen LogP contribution in [0.15, 0.2) is 82.6 Å². The van der Waals surface area contributed by atoms with Gasteiger partial charge in [-0.1, -0.05) is 53.3 Å². The number of carbonyl (C=O) groups excluding carboxylic acids is 3. The number of nitrogens with one attached hydrogen (secondary N) is 2. The number of hydrogen-bond acceptors (Lipinski definition) is 8. The maximum absolute atomic E-state index is 13.9. The van der Waals surface area contributed by atoms with E-state index < -0.39 is 0 Å². The van der Waals surface area contributed by atoms with Gasteiger partial charge >= 0.3 is 4.87 Å². The van der Waals surface area contributed by atoms with E-state index in [-0.39, 0.29) is 70.0 Å². The molecule has 1 aromatic heterocycles. The Morgan fingerprint density at radius 3 is 2.43 bits per heavy atom. The zero-order valence-electron chi connectivity index (χ0n) is 25.1. The van der Waals surface area contributed by atoms with Crippen LogP contribution in [0.2, 0.25) is 0 Å². The van der Waals surface area contributed by atoms with Gasteiger partial charge in [0.2, 0.25) is 11.8 Å². The summed E-state index contributed by atoms with van der Waals surface area (Å²) in [6, 6.07) is 22.4. The van der Waals surface area contributed by atoms with Crippen molar-refractivity contribution in [3.8, 4) is 11.5 Å². The Kier molecular flexibility index (Phi) is 7.06. The van der Waals surface area contributed by atoms with Crippen LogP contribution in [-0.2, 0) is 14.4 Å². The summed E-state index contributed by atoms with van der Waals surface area (Å²) in [4.78, 5) is 58.3. The van der Waals surface area contributed by atoms with Crippen molar-refractivity contribution in [2.75, 3.05) is 23.9 Å². The van der Waals surface area contributed by atoms with Crippen LogP contribution in [0, 0.1) is 36.5 Å². The second-order valence-corrected chi connectivity index (χ2v) is 14.6. The zero-order chi connectivity index (χ0) is 31.7. The highest BCUT2D eigenvalue weighted by molar-refractivity contribution is 8.00. The molecule has 11 heteroatoms. The van der Waals surface area contributed by atoms with Gasteiger partial charge in [-0.15, -0.1) is 11.8 Å². The van der Waals surface area contributed by atoms with Crippen LogP contribution in [0.3, 0.4) is 0 Å². The Balaban J connectivity index is 1.09. The number of rotatable bonds is 7. The molecule has 3 fully saturated rings. The van der Waals surface area contributed by atoms with Gasteiger partial charge in [0, 0.05) is 21.7 Å². The average Bonchev–Trinajstić information content (AvgIpc) is 3.80. The maximum Gasteiger partial charge on any atom is 0.305 e. The van der Waals surface area contributed by atoms with E-state index in [1.54, 1.807) is 24.9 Å². The summed E-state index contributed by atoms with van der Waals surface area (Å²) >= 11 is 2.87. The van der Waals surface area contributed by atoms with Gasteiger partial charge in [-0.05, 0) is 73.1 Å². The first kappa shape index (κ1) is 29.1. The molecule has 0 spiro atoms. The number of para-hydroxylation sites is 1. The van der Waals surface area contributed by atoms with E-state index in [2.05, 4.69) is 10.3 Å². The first-order valence-electron chi connectivity index (χ1n) is 15.3. The van der Waals surface area contributed by atoms with Crippen LogP contribution in [0.1, 0.15) is 28.3 Å². The summed E-state index contributed by atoms with van der Waals surface area (Å²) in [7, 11) is 1.56. The summed E-state index contributed by atoms with van der Waals surface area (Å²) < 4.78 is 11.6. The Bertz CT molecular complexity index is 1920. The van der Waals surface area contributed by atoms with Gasteiger partial charge in [-0.2, -0.15) is 0 Å². The highest BCUT2D eigenvalue weighted by Gasteiger charge is 2.69. The SMILES string of the molecule is COc1cc([C@H]2c3sc(=O)[nH]c3SC3C4CC(C5C(=O)N(c6ccccc6)C(=O)C45)C32)ccc1OCC(=O)Nc1ccc(C)cc1. The van der Waals surface area contributed by atoms with E-state index in [1.807, 2.05) is 73.7 Å². The number of benzene rings is 3. The molecule has 2 aliphatic carbocycles. The van der Waals surface area contributed by atoms with E-state index in [0.29, 0.717) is 22.9 Å². The lowest BCUT2D eigenvalue weighted by Crippen LogP contribution is -2.42. The lowest BCUT2D eigenvalue weighted by molar-refractivity contribution is -0.123. The molecular weight excluding hydrogens is 623 g/mol. The number of H-pyrrole nitrogens is 1. The number of aromatic amines is 1. The van der Waals surface area contributed by atoms with E-state index in [1.165, 1.54) is 16.2 Å². The predicted octanol–water partition coefficient (Wildman–Crippen LogP) is 5.45. The molecule has 3 amide bonds. The van der Waals surface area contributed by atoms with Gasteiger partial charge in [0.15, 0.2) is 18.1 Å². The largest absolute Gasteiger partial charge is 0.493 e. The molecule has 2 aliphatic heterocycles. The minimum atomic E-state index is -0.379. The number of carbonyl (C=O) groups is 3. The fourth-order valence-corrected chi connectivity index (χ4v) is 11.1. The molecule has 2 N–H and O–H groups in total. The summed E-state index contributed by atoms with van der Waals surface area (Å²) in [6.45, 7) is 1.79. The van der Waals surface area contributed by atoms with Gasteiger partial charge in [0.05, 0.1) is 29.7 Å². The topological polar surface area (TPSA) is 118 Å². The van der Waals surface area contributed by atoms with Gasteiger partial charge in [0.1, 0.15) is 0 Å². The highest BCUT2D eigenvalue weighted by Crippen LogP contribution is 2.68. The lowest BCUT2D eigenvalue weighted by atomic mass is 9.68. The van der Waals surface area contributed by atoms with Gasteiger partial charge < -0.3 is 19.8 Å². The Labute approximate surface area is 273 Å².